The summed E-state index contributed by atoms with van der Waals surface area (Å²) in [4.78, 5) is 25.1. The number of thiocarbonyl (C=S) groups is 1. The minimum atomic E-state index is -0.404. The molecule has 1 amide bonds. The number of methoxy groups -OCH3 is 1. The number of carbonyl (C=O) groups excluding carboxylic acids is 2. The average molecular weight is 325 g/mol. The fourth-order valence-electron chi connectivity index (χ4n) is 1.75. The zero-order valence-electron chi connectivity index (χ0n) is 11.2. The molecule has 1 aliphatic rings. The van der Waals surface area contributed by atoms with Gasteiger partial charge in [-0.25, -0.2) is 4.39 Å². The zero-order chi connectivity index (χ0) is 15.4. The van der Waals surface area contributed by atoms with E-state index in [1.165, 1.54) is 24.1 Å². The molecule has 0 saturated carbocycles. The maximum Gasteiger partial charge on any atom is 0.307 e. The molecule has 0 unspecified atom stereocenters. The van der Waals surface area contributed by atoms with Gasteiger partial charge in [0.15, 0.2) is 0 Å². The Balaban J connectivity index is 2.12. The summed E-state index contributed by atoms with van der Waals surface area (Å²) in [6, 6.07) is 5.93. The molecular formula is C14H12FNO3S2. The van der Waals surface area contributed by atoms with Gasteiger partial charge in [-0.2, -0.15) is 0 Å². The number of thioether (sulfide) groups is 1. The van der Waals surface area contributed by atoms with Crippen molar-refractivity contribution in [2.24, 2.45) is 0 Å². The van der Waals surface area contributed by atoms with Crippen LogP contribution in [-0.2, 0) is 14.3 Å². The molecule has 0 aromatic heterocycles. The van der Waals surface area contributed by atoms with Gasteiger partial charge in [-0.1, -0.05) is 36.1 Å². The zero-order valence-corrected chi connectivity index (χ0v) is 12.8. The van der Waals surface area contributed by atoms with Gasteiger partial charge >= 0.3 is 5.97 Å². The van der Waals surface area contributed by atoms with Crippen LogP contribution >= 0.6 is 24.0 Å². The van der Waals surface area contributed by atoms with Crippen LogP contribution in [0.5, 0.6) is 0 Å². The number of benzene rings is 1. The van der Waals surface area contributed by atoms with Gasteiger partial charge in [-0.15, -0.1) is 0 Å². The van der Waals surface area contributed by atoms with Crippen molar-refractivity contribution in [2.45, 2.75) is 6.42 Å². The van der Waals surface area contributed by atoms with Crippen molar-refractivity contribution in [1.82, 2.24) is 4.90 Å². The first-order valence-electron chi connectivity index (χ1n) is 6.09. The second kappa shape index (κ2) is 6.82. The monoisotopic (exact) mass is 325 g/mol. The molecule has 1 heterocycles. The Bertz CT molecular complexity index is 630. The Morgan fingerprint density at radius 2 is 2.29 bits per heavy atom. The van der Waals surface area contributed by atoms with E-state index in [1.54, 1.807) is 18.2 Å². The molecular weight excluding hydrogens is 313 g/mol. The predicted molar refractivity (Wildman–Crippen MR) is 82.9 cm³/mol. The molecule has 0 N–H and O–H groups in total. The number of hydrogen-bond donors (Lipinski definition) is 0. The largest absolute Gasteiger partial charge is 0.469 e. The van der Waals surface area contributed by atoms with Crippen LogP contribution in [0.2, 0.25) is 0 Å². The van der Waals surface area contributed by atoms with Crippen LogP contribution in [0, 0.1) is 5.82 Å². The van der Waals surface area contributed by atoms with E-state index in [2.05, 4.69) is 4.74 Å². The van der Waals surface area contributed by atoms with Crippen molar-refractivity contribution >= 4 is 46.3 Å². The van der Waals surface area contributed by atoms with Crippen LogP contribution in [-0.4, -0.2) is 34.8 Å². The molecule has 1 aromatic rings. The third kappa shape index (κ3) is 3.89. The minimum Gasteiger partial charge on any atom is -0.469 e. The lowest BCUT2D eigenvalue weighted by molar-refractivity contribution is -0.140. The van der Waals surface area contributed by atoms with Crippen LogP contribution in [0.15, 0.2) is 29.2 Å². The van der Waals surface area contributed by atoms with Crippen molar-refractivity contribution in [3.63, 3.8) is 0 Å². The summed E-state index contributed by atoms with van der Waals surface area (Å²) in [6.45, 7) is 0.178. The number of esters is 1. The van der Waals surface area contributed by atoms with Crippen LogP contribution in [0.3, 0.4) is 0 Å². The summed E-state index contributed by atoms with van der Waals surface area (Å²) in [5.74, 6) is -1.05. The smallest absolute Gasteiger partial charge is 0.307 e. The van der Waals surface area contributed by atoms with E-state index in [0.29, 0.717) is 14.8 Å². The number of nitrogens with zero attached hydrogens (tertiary/aromatic N) is 1. The quantitative estimate of drug-likeness (QED) is 0.484. The van der Waals surface area contributed by atoms with Gasteiger partial charge < -0.3 is 4.74 Å². The lowest BCUT2D eigenvalue weighted by Gasteiger charge is -2.12. The molecule has 21 heavy (non-hydrogen) atoms. The highest BCUT2D eigenvalue weighted by atomic mass is 32.2. The van der Waals surface area contributed by atoms with Gasteiger partial charge in [0.25, 0.3) is 5.91 Å². The molecule has 0 atom stereocenters. The molecule has 0 radical (unpaired) electrons. The lowest BCUT2D eigenvalue weighted by Crippen LogP contribution is -2.30. The topological polar surface area (TPSA) is 46.6 Å². The molecule has 2 rings (SSSR count). The number of amides is 1. The average Bonchev–Trinajstić information content (AvgIpc) is 2.71. The fourth-order valence-corrected chi connectivity index (χ4v) is 3.05. The van der Waals surface area contributed by atoms with Crippen molar-refractivity contribution in [3.8, 4) is 0 Å². The third-order valence-corrected chi connectivity index (χ3v) is 4.17. The maximum atomic E-state index is 13.1. The highest BCUT2D eigenvalue weighted by Crippen LogP contribution is 2.32. The van der Waals surface area contributed by atoms with E-state index in [0.717, 1.165) is 11.8 Å². The first-order chi connectivity index (χ1) is 10.0. The summed E-state index contributed by atoms with van der Waals surface area (Å²) < 4.78 is 18.0. The van der Waals surface area contributed by atoms with Crippen LogP contribution in [0.25, 0.3) is 6.08 Å². The van der Waals surface area contributed by atoms with E-state index in [1.807, 2.05) is 0 Å². The van der Waals surface area contributed by atoms with E-state index in [4.69, 9.17) is 12.2 Å². The molecule has 1 saturated heterocycles. The normalized spacial score (nSPS) is 16.7. The standard InChI is InChI=1S/C14H12FNO3S2/c1-19-12(17)5-6-16-13(18)11(21-14(16)20)8-9-3-2-4-10(15)7-9/h2-4,7-8H,5-6H2,1H3/b11-8-. The van der Waals surface area contributed by atoms with Crippen LogP contribution in [0.4, 0.5) is 4.39 Å². The Morgan fingerprint density at radius 3 is 2.95 bits per heavy atom. The summed E-state index contributed by atoms with van der Waals surface area (Å²) >= 11 is 6.26. The summed E-state index contributed by atoms with van der Waals surface area (Å²) in [5.41, 5.74) is 0.587. The van der Waals surface area contributed by atoms with Gasteiger partial charge in [0.05, 0.1) is 18.4 Å². The first kappa shape index (κ1) is 15.7. The number of halogens is 1. The van der Waals surface area contributed by atoms with E-state index in [9.17, 15) is 14.0 Å². The van der Waals surface area contributed by atoms with Gasteiger partial charge in [-0.05, 0) is 23.8 Å². The molecule has 1 aliphatic heterocycles. The highest BCUT2D eigenvalue weighted by molar-refractivity contribution is 8.26. The molecule has 0 spiro atoms. The Hall–Kier alpha value is -1.73. The van der Waals surface area contributed by atoms with Gasteiger partial charge in [0.2, 0.25) is 0 Å². The Morgan fingerprint density at radius 1 is 1.52 bits per heavy atom. The second-order valence-corrected chi connectivity index (χ2v) is 5.89. The van der Waals surface area contributed by atoms with Crippen molar-refractivity contribution in [3.05, 3.63) is 40.6 Å². The molecule has 0 aliphatic carbocycles. The van der Waals surface area contributed by atoms with Crippen LogP contribution in [0.1, 0.15) is 12.0 Å². The van der Waals surface area contributed by atoms with Crippen molar-refractivity contribution in [1.29, 1.82) is 0 Å². The van der Waals surface area contributed by atoms with Gasteiger partial charge in [-0.3, -0.25) is 14.5 Å². The molecule has 110 valence electrons. The molecule has 7 heteroatoms. The van der Waals surface area contributed by atoms with Crippen molar-refractivity contribution in [2.75, 3.05) is 13.7 Å². The SMILES string of the molecule is COC(=O)CCN1C(=O)/C(=C/c2cccc(F)c2)SC1=S. The summed E-state index contributed by atoms with van der Waals surface area (Å²) in [7, 11) is 1.29. The Kier molecular flexibility index (Phi) is 5.08. The fraction of sp³-hybridized carbons (Fsp3) is 0.214. The lowest BCUT2D eigenvalue weighted by atomic mass is 10.2. The van der Waals surface area contributed by atoms with Crippen molar-refractivity contribution < 1.29 is 18.7 Å². The Labute approximate surface area is 130 Å². The number of hydrogen-bond acceptors (Lipinski definition) is 5. The summed E-state index contributed by atoms with van der Waals surface area (Å²) in [5, 5.41) is 0. The maximum absolute atomic E-state index is 13.1. The highest BCUT2D eigenvalue weighted by Gasteiger charge is 2.32. The minimum absolute atomic E-state index is 0.0795. The van der Waals surface area contributed by atoms with E-state index in [-0.39, 0.29) is 24.7 Å². The first-order valence-corrected chi connectivity index (χ1v) is 7.31. The molecule has 4 nitrogen and oxygen atoms in total. The number of rotatable bonds is 4. The molecule has 0 bridgehead atoms. The van der Waals surface area contributed by atoms with Crippen LogP contribution < -0.4 is 0 Å². The second-order valence-electron chi connectivity index (χ2n) is 4.21. The molecule has 1 aromatic carbocycles. The summed E-state index contributed by atoms with van der Waals surface area (Å²) in [6.07, 6.45) is 1.66. The predicted octanol–water partition coefficient (Wildman–Crippen LogP) is 2.59. The van der Waals surface area contributed by atoms with Gasteiger partial charge in [0.1, 0.15) is 10.1 Å². The van der Waals surface area contributed by atoms with E-state index >= 15 is 0 Å². The number of ether oxygens (including phenoxy) is 1. The third-order valence-electron chi connectivity index (χ3n) is 2.79. The van der Waals surface area contributed by atoms with E-state index < -0.39 is 5.97 Å². The number of carbonyl (C=O) groups is 2. The molecule has 1 fully saturated rings. The van der Waals surface area contributed by atoms with Gasteiger partial charge in [0, 0.05) is 6.54 Å².